The van der Waals surface area contributed by atoms with Crippen LogP contribution in [0.3, 0.4) is 0 Å². The molecule has 1 fully saturated rings. The topological polar surface area (TPSA) is 68.9 Å². The molecular formula is C17H15ClN6S. The largest absolute Gasteiger partial charge is 0.352 e. The van der Waals surface area contributed by atoms with Crippen LogP contribution in [-0.4, -0.2) is 41.1 Å². The molecule has 126 valence electrons. The first kappa shape index (κ1) is 16.1. The van der Waals surface area contributed by atoms with Crippen molar-refractivity contribution in [3.63, 3.8) is 0 Å². The SMILES string of the molecule is Cc1cc2c(N3CCN(c4ncc(C#N)cc4Cl)CC3)ncnc2s1. The number of rotatable bonds is 2. The Kier molecular flexibility index (Phi) is 4.15. The summed E-state index contributed by atoms with van der Waals surface area (Å²) in [5, 5.41) is 10.6. The molecule has 3 aromatic heterocycles. The van der Waals surface area contributed by atoms with Crippen molar-refractivity contribution in [1.82, 2.24) is 15.0 Å². The quantitative estimate of drug-likeness (QED) is 0.689. The zero-order chi connectivity index (χ0) is 17.4. The fourth-order valence-electron chi connectivity index (χ4n) is 3.07. The van der Waals surface area contributed by atoms with E-state index >= 15 is 0 Å². The van der Waals surface area contributed by atoms with Gasteiger partial charge in [0, 0.05) is 37.3 Å². The number of hydrogen-bond donors (Lipinski definition) is 0. The number of pyridine rings is 1. The number of thiophene rings is 1. The molecule has 3 aromatic rings. The molecule has 0 saturated carbocycles. The first-order valence-corrected chi connectivity index (χ1v) is 9.12. The lowest BCUT2D eigenvalue weighted by molar-refractivity contribution is 0.643. The van der Waals surface area contributed by atoms with E-state index in [0.29, 0.717) is 10.6 Å². The molecule has 1 aliphatic rings. The Morgan fingerprint density at radius 3 is 2.48 bits per heavy atom. The van der Waals surface area contributed by atoms with E-state index in [1.807, 2.05) is 0 Å². The van der Waals surface area contributed by atoms with Crippen molar-refractivity contribution in [3.05, 3.63) is 40.1 Å². The van der Waals surface area contributed by atoms with Gasteiger partial charge < -0.3 is 9.80 Å². The maximum Gasteiger partial charge on any atom is 0.147 e. The first-order valence-electron chi connectivity index (χ1n) is 7.92. The fraction of sp³-hybridized carbons (Fsp3) is 0.294. The third-order valence-corrected chi connectivity index (χ3v) is 5.50. The van der Waals surface area contributed by atoms with Gasteiger partial charge in [-0.05, 0) is 19.1 Å². The zero-order valence-electron chi connectivity index (χ0n) is 13.6. The molecule has 25 heavy (non-hydrogen) atoms. The lowest BCUT2D eigenvalue weighted by Gasteiger charge is -2.36. The zero-order valence-corrected chi connectivity index (χ0v) is 15.2. The molecule has 8 heteroatoms. The highest BCUT2D eigenvalue weighted by molar-refractivity contribution is 7.18. The van der Waals surface area contributed by atoms with E-state index in [9.17, 15) is 0 Å². The minimum Gasteiger partial charge on any atom is -0.352 e. The molecule has 0 aromatic carbocycles. The smallest absolute Gasteiger partial charge is 0.147 e. The Hall–Kier alpha value is -2.43. The number of anilines is 2. The second-order valence-electron chi connectivity index (χ2n) is 5.89. The standard InChI is InChI=1S/C17H15ClN6S/c1-11-6-13-15(21-10-22-17(13)25-11)23-2-4-24(5-3-23)16-14(18)7-12(8-19)9-20-16/h6-7,9-10H,2-5H2,1H3. The van der Waals surface area contributed by atoms with Gasteiger partial charge in [-0.2, -0.15) is 5.26 Å². The van der Waals surface area contributed by atoms with Crippen LogP contribution in [0.25, 0.3) is 10.2 Å². The summed E-state index contributed by atoms with van der Waals surface area (Å²) in [4.78, 5) is 19.9. The molecule has 4 heterocycles. The number of nitrogens with zero attached hydrogens (tertiary/aromatic N) is 6. The third kappa shape index (κ3) is 2.99. The number of aromatic nitrogens is 3. The van der Waals surface area contributed by atoms with Crippen LogP contribution in [0.2, 0.25) is 5.02 Å². The van der Waals surface area contributed by atoms with Gasteiger partial charge in [0.05, 0.1) is 16.0 Å². The Balaban J connectivity index is 1.54. The second-order valence-corrected chi connectivity index (χ2v) is 7.53. The number of piperazine rings is 1. The summed E-state index contributed by atoms with van der Waals surface area (Å²) in [6.07, 6.45) is 3.20. The fourth-order valence-corrected chi connectivity index (χ4v) is 4.20. The van der Waals surface area contributed by atoms with E-state index in [0.717, 1.165) is 48.0 Å². The Labute approximate surface area is 154 Å². The molecule has 1 saturated heterocycles. The van der Waals surface area contributed by atoms with Crippen LogP contribution < -0.4 is 9.80 Å². The van der Waals surface area contributed by atoms with Crippen LogP contribution in [0.1, 0.15) is 10.4 Å². The van der Waals surface area contributed by atoms with Gasteiger partial charge in [-0.15, -0.1) is 11.3 Å². The van der Waals surface area contributed by atoms with Gasteiger partial charge in [0.1, 0.15) is 28.9 Å². The van der Waals surface area contributed by atoms with E-state index in [1.165, 1.54) is 4.88 Å². The maximum atomic E-state index is 8.93. The molecule has 0 spiro atoms. The van der Waals surface area contributed by atoms with Crippen molar-refractivity contribution < 1.29 is 0 Å². The molecule has 0 bridgehead atoms. The summed E-state index contributed by atoms with van der Waals surface area (Å²) in [6.45, 7) is 5.35. The van der Waals surface area contributed by atoms with Crippen molar-refractivity contribution in [1.29, 1.82) is 5.26 Å². The Morgan fingerprint density at radius 2 is 1.80 bits per heavy atom. The molecule has 0 amide bonds. The van der Waals surface area contributed by atoms with Crippen LogP contribution >= 0.6 is 22.9 Å². The lowest BCUT2D eigenvalue weighted by atomic mass is 10.2. The van der Waals surface area contributed by atoms with Gasteiger partial charge in [-0.1, -0.05) is 11.6 Å². The monoisotopic (exact) mass is 370 g/mol. The summed E-state index contributed by atoms with van der Waals surface area (Å²) in [5.41, 5.74) is 0.476. The van der Waals surface area contributed by atoms with Crippen molar-refractivity contribution >= 4 is 44.8 Å². The highest BCUT2D eigenvalue weighted by Gasteiger charge is 2.22. The summed E-state index contributed by atoms with van der Waals surface area (Å²) in [5.74, 6) is 1.73. The van der Waals surface area contributed by atoms with Crippen LogP contribution in [0.5, 0.6) is 0 Å². The normalized spacial score (nSPS) is 14.8. The molecule has 0 unspecified atom stereocenters. The van der Waals surface area contributed by atoms with Crippen molar-refractivity contribution in [2.24, 2.45) is 0 Å². The minimum atomic E-state index is 0.476. The maximum absolute atomic E-state index is 8.93. The van der Waals surface area contributed by atoms with Gasteiger partial charge in [0.2, 0.25) is 0 Å². The van der Waals surface area contributed by atoms with Crippen LogP contribution in [0, 0.1) is 18.3 Å². The number of hydrogen-bond acceptors (Lipinski definition) is 7. The van der Waals surface area contributed by atoms with Crippen LogP contribution in [0.4, 0.5) is 11.6 Å². The lowest BCUT2D eigenvalue weighted by Crippen LogP contribution is -2.47. The summed E-state index contributed by atoms with van der Waals surface area (Å²) in [7, 11) is 0. The molecule has 6 nitrogen and oxygen atoms in total. The van der Waals surface area contributed by atoms with Gasteiger partial charge in [0.25, 0.3) is 0 Å². The van der Waals surface area contributed by atoms with E-state index in [-0.39, 0.29) is 0 Å². The van der Waals surface area contributed by atoms with Crippen molar-refractivity contribution in [2.75, 3.05) is 36.0 Å². The first-order chi connectivity index (χ1) is 12.2. The Bertz CT molecular complexity index is 971. The molecule has 1 aliphatic heterocycles. The molecule has 0 N–H and O–H groups in total. The van der Waals surface area contributed by atoms with Gasteiger partial charge in [0.15, 0.2) is 0 Å². The molecule has 0 aliphatic carbocycles. The van der Waals surface area contributed by atoms with Crippen molar-refractivity contribution in [3.8, 4) is 6.07 Å². The summed E-state index contributed by atoms with van der Waals surface area (Å²) < 4.78 is 0. The van der Waals surface area contributed by atoms with Crippen LogP contribution in [0.15, 0.2) is 24.7 Å². The van der Waals surface area contributed by atoms with Gasteiger partial charge >= 0.3 is 0 Å². The number of halogens is 1. The minimum absolute atomic E-state index is 0.476. The van der Waals surface area contributed by atoms with Gasteiger partial charge in [-0.25, -0.2) is 15.0 Å². The molecule has 0 atom stereocenters. The number of fused-ring (bicyclic) bond motifs is 1. The van der Waals surface area contributed by atoms with E-state index < -0.39 is 0 Å². The van der Waals surface area contributed by atoms with E-state index in [4.69, 9.17) is 16.9 Å². The predicted molar refractivity (Wildman–Crippen MR) is 101 cm³/mol. The van der Waals surface area contributed by atoms with Gasteiger partial charge in [-0.3, -0.25) is 0 Å². The average molecular weight is 371 g/mol. The number of aryl methyl sites for hydroxylation is 1. The highest BCUT2D eigenvalue weighted by atomic mass is 35.5. The molecule has 0 radical (unpaired) electrons. The average Bonchev–Trinajstić information content (AvgIpc) is 3.02. The van der Waals surface area contributed by atoms with E-state index in [2.05, 4.69) is 43.8 Å². The Morgan fingerprint density at radius 1 is 1.08 bits per heavy atom. The molecular weight excluding hydrogens is 356 g/mol. The number of nitriles is 1. The molecule has 4 rings (SSSR count). The third-order valence-electron chi connectivity index (χ3n) is 4.26. The second kappa shape index (κ2) is 6.47. The van der Waals surface area contributed by atoms with Crippen LogP contribution in [-0.2, 0) is 0 Å². The predicted octanol–water partition coefficient (Wildman–Crippen LogP) is 3.25. The summed E-state index contributed by atoms with van der Waals surface area (Å²) in [6, 6.07) is 5.88. The van der Waals surface area contributed by atoms with Crippen molar-refractivity contribution in [2.45, 2.75) is 6.92 Å². The summed E-state index contributed by atoms with van der Waals surface area (Å²) >= 11 is 7.98. The highest BCUT2D eigenvalue weighted by Crippen LogP contribution is 2.31. The van der Waals surface area contributed by atoms with E-state index in [1.54, 1.807) is 29.9 Å².